The number of hydrazine groups is 1. The summed E-state index contributed by atoms with van der Waals surface area (Å²) in [7, 11) is 0. The highest BCUT2D eigenvalue weighted by Gasteiger charge is 2.34. The SMILES string of the molecule is CCOC(CN=C(N)NN1CC2CCCc3c(SC)ccc1c32)OCC. The minimum absolute atomic E-state index is 0.346. The average Bonchev–Trinajstić information content (AvgIpc) is 2.99. The van der Waals surface area contributed by atoms with Crippen molar-refractivity contribution < 1.29 is 9.47 Å². The van der Waals surface area contributed by atoms with Crippen LogP contribution in [0.5, 0.6) is 0 Å². The molecule has 0 spiro atoms. The van der Waals surface area contributed by atoms with E-state index in [4.69, 9.17) is 15.2 Å². The minimum atomic E-state index is -0.346. The lowest BCUT2D eigenvalue weighted by atomic mass is 9.84. The zero-order valence-electron chi connectivity index (χ0n) is 16.0. The molecule has 7 heteroatoms. The Labute approximate surface area is 160 Å². The monoisotopic (exact) mass is 378 g/mol. The number of ether oxygens (including phenoxy) is 2. The molecule has 1 unspecified atom stereocenters. The Hall–Kier alpha value is -1.44. The van der Waals surface area contributed by atoms with E-state index in [-0.39, 0.29) is 6.29 Å². The molecular formula is C19H30N4O2S. The molecule has 6 nitrogen and oxygen atoms in total. The number of thioether (sulfide) groups is 1. The summed E-state index contributed by atoms with van der Waals surface area (Å²) in [5.74, 6) is 0.983. The number of nitrogens with zero attached hydrogens (tertiary/aromatic N) is 2. The van der Waals surface area contributed by atoms with E-state index in [1.807, 2.05) is 25.6 Å². The van der Waals surface area contributed by atoms with Crippen molar-refractivity contribution in [1.29, 1.82) is 0 Å². The molecule has 0 amide bonds. The lowest BCUT2D eigenvalue weighted by molar-refractivity contribution is -0.128. The maximum absolute atomic E-state index is 6.13. The van der Waals surface area contributed by atoms with E-state index >= 15 is 0 Å². The molecule has 1 atom stereocenters. The number of guanidine groups is 1. The predicted molar refractivity (Wildman–Crippen MR) is 108 cm³/mol. The van der Waals surface area contributed by atoms with Crippen molar-refractivity contribution in [1.82, 2.24) is 5.43 Å². The van der Waals surface area contributed by atoms with Crippen molar-refractivity contribution in [3.05, 3.63) is 23.3 Å². The molecule has 1 aromatic rings. The van der Waals surface area contributed by atoms with Crippen LogP contribution in [-0.4, -0.2) is 44.8 Å². The highest BCUT2D eigenvalue weighted by atomic mass is 32.2. The van der Waals surface area contributed by atoms with E-state index in [1.165, 1.54) is 41.0 Å². The van der Waals surface area contributed by atoms with Gasteiger partial charge in [0.25, 0.3) is 0 Å². The molecule has 26 heavy (non-hydrogen) atoms. The van der Waals surface area contributed by atoms with Crippen LogP contribution in [0.25, 0.3) is 0 Å². The van der Waals surface area contributed by atoms with Gasteiger partial charge in [-0.25, -0.2) is 4.99 Å². The summed E-state index contributed by atoms with van der Waals surface area (Å²) >= 11 is 1.84. The average molecular weight is 379 g/mol. The highest BCUT2D eigenvalue weighted by Crippen LogP contribution is 2.46. The van der Waals surface area contributed by atoms with Gasteiger partial charge in [-0.05, 0) is 62.6 Å². The van der Waals surface area contributed by atoms with E-state index in [1.54, 1.807) is 0 Å². The van der Waals surface area contributed by atoms with Crippen LogP contribution in [0.3, 0.4) is 0 Å². The number of hydrogen-bond acceptors (Lipinski definition) is 5. The fraction of sp³-hybridized carbons (Fsp3) is 0.632. The van der Waals surface area contributed by atoms with Crippen LogP contribution in [0.4, 0.5) is 5.69 Å². The third-order valence-corrected chi connectivity index (χ3v) is 5.78. The summed E-state index contributed by atoms with van der Waals surface area (Å²) in [5.41, 5.74) is 13.7. The van der Waals surface area contributed by atoms with Gasteiger partial charge in [0.15, 0.2) is 6.29 Å². The van der Waals surface area contributed by atoms with Crippen LogP contribution in [0.1, 0.15) is 43.7 Å². The molecule has 2 aliphatic rings. The quantitative estimate of drug-likeness (QED) is 0.314. The molecule has 1 heterocycles. The van der Waals surface area contributed by atoms with Gasteiger partial charge in [0, 0.05) is 30.6 Å². The summed E-state index contributed by atoms with van der Waals surface area (Å²) in [4.78, 5) is 5.82. The summed E-state index contributed by atoms with van der Waals surface area (Å²) in [6, 6.07) is 4.44. The van der Waals surface area contributed by atoms with Crippen molar-refractivity contribution in [2.24, 2.45) is 10.7 Å². The molecule has 144 valence electrons. The molecule has 0 bridgehead atoms. The summed E-state index contributed by atoms with van der Waals surface area (Å²) in [5, 5.41) is 2.15. The summed E-state index contributed by atoms with van der Waals surface area (Å²) < 4.78 is 11.0. The predicted octanol–water partition coefficient (Wildman–Crippen LogP) is 2.87. The van der Waals surface area contributed by atoms with Gasteiger partial charge in [0.2, 0.25) is 5.96 Å². The van der Waals surface area contributed by atoms with Gasteiger partial charge in [-0.2, -0.15) is 0 Å². The van der Waals surface area contributed by atoms with E-state index in [0.717, 1.165) is 6.54 Å². The molecule has 3 rings (SSSR count). The van der Waals surface area contributed by atoms with Crippen molar-refractivity contribution in [2.45, 2.75) is 50.2 Å². The molecule has 0 saturated carbocycles. The highest BCUT2D eigenvalue weighted by molar-refractivity contribution is 7.98. The maximum atomic E-state index is 6.13. The van der Waals surface area contributed by atoms with Crippen LogP contribution in [0, 0.1) is 0 Å². The number of rotatable bonds is 8. The number of anilines is 1. The van der Waals surface area contributed by atoms with Crippen LogP contribution in [0.2, 0.25) is 0 Å². The third-order valence-electron chi connectivity index (χ3n) is 4.96. The van der Waals surface area contributed by atoms with Gasteiger partial charge in [-0.3, -0.25) is 10.4 Å². The minimum Gasteiger partial charge on any atom is -0.369 e. The second kappa shape index (κ2) is 8.97. The maximum Gasteiger partial charge on any atom is 0.208 e. The Morgan fingerprint density at radius 2 is 2.15 bits per heavy atom. The third kappa shape index (κ3) is 4.10. The molecule has 1 aromatic carbocycles. The second-order valence-corrected chi connectivity index (χ2v) is 7.40. The molecule has 0 fully saturated rings. The first kappa shape index (κ1) is 19.3. The largest absolute Gasteiger partial charge is 0.369 e. The molecule has 0 saturated heterocycles. The second-order valence-electron chi connectivity index (χ2n) is 6.56. The molecule has 1 aliphatic carbocycles. The van der Waals surface area contributed by atoms with Crippen LogP contribution in [-0.2, 0) is 15.9 Å². The number of nitrogens with one attached hydrogen (secondary N) is 1. The van der Waals surface area contributed by atoms with Gasteiger partial charge in [0.1, 0.15) is 0 Å². The smallest absolute Gasteiger partial charge is 0.208 e. The van der Waals surface area contributed by atoms with E-state index in [2.05, 4.69) is 33.8 Å². The fourth-order valence-corrected chi connectivity index (χ4v) is 4.58. The lowest BCUT2D eigenvalue weighted by Gasteiger charge is -2.22. The molecular weight excluding hydrogens is 348 g/mol. The number of aliphatic imine (C=N–C) groups is 1. The van der Waals surface area contributed by atoms with Crippen LogP contribution >= 0.6 is 11.8 Å². The molecule has 0 aromatic heterocycles. The Morgan fingerprint density at radius 1 is 1.38 bits per heavy atom. The van der Waals surface area contributed by atoms with Crippen molar-refractivity contribution in [3.8, 4) is 0 Å². The Bertz CT molecular complexity index is 647. The summed E-state index contributed by atoms with van der Waals surface area (Å²) in [6.07, 6.45) is 5.49. The lowest BCUT2D eigenvalue weighted by Crippen LogP contribution is -2.46. The van der Waals surface area contributed by atoms with E-state index in [0.29, 0.717) is 31.6 Å². The van der Waals surface area contributed by atoms with Crippen molar-refractivity contribution in [2.75, 3.05) is 37.6 Å². The standard InChI is InChI=1S/C19H30N4O2S/c1-4-24-17(25-5-2)11-21-19(20)22-23-12-13-7-6-8-14-16(26-3)10-9-15(23)18(13)14/h9-10,13,17H,4-8,11-12H2,1-3H3,(H3,20,21,22). The zero-order valence-corrected chi connectivity index (χ0v) is 16.8. The normalized spacial score (nSPS) is 19.2. The number of benzene rings is 1. The van der Waals surface area contributed by atoms with Gasteiger partial charge in [-0.15, -0.1) is 11.8 Å². The number of hydrogen-bond donors (Lipinski definition) is 2. The Balaban J connectivity index is 1.70. The zero-order chi connectivity index (χ0) is 18.5. The molecule has 3 N–H and O–H groups in total. The van der Waals surface area contributed by atoms with Gasteiger partial charge in [-0.1, -0.05) is 0 Å². The van der Waals surface area contributed by atoms with Crippen LogP contribution < -0.4 is 16.2 Å². The van der Waals surface area contributed by atoms with Crippen LogP contribution in [0.15, 0.2) is 22.0 Å². The fourth-order valence-electron chi connectivity index (χ4n) is 3.92. The molecule has 1 aliphatic heterocycles. The van der Waals surface area contributed by atoms with Gasteiger partial charge < -0.3 is 15.2 Å². The number of nitrogens with two attached hydrogens (primary N) is 1. The topological polar surface area (TPSA) is 72.1 Å². The first-order chi connectivity index (χ1) is 12.7. The first-order valence-electron chi connectivity index (χ1n) is 9.44. The summed E-state index contributed by atoms with van der Waals surface area (Å²) in [6.45, 7) is 6.41. The van der Waals surface area contributed by atoms with Gasteiger partial charge in [0.05, 0.1) is 12.2 Å². The Kier molecular flexibility index (Phi) is 6.67. The van der Waals surface area contributed by atoms with Gasteiger partial charge >= 0.3 is 0 Å². The van der Waals surface area contributed by atoms with E-state index < -0.39 is 0 Å². The Morgan fingerprint density at radius 3 is 2.85 bits per heavy atom. The molecule has 0 radical (unpaired) electrons. The van der Waals surface area contributed by atoms with Crippen molar-refractivity contribution in [3.63, 3.8) is 0 Å². The van der Waals surface area contributed by atoms with E-state index in [9.17, 15) is 0 Å². The first-order valence-corrected chi connectivity index (χ1v) is 10.7. The van der Waals surface area contributed by atoms with Crippen molar-refractivity contribution >= 4 is 23.4 Å².